The zero-order valence-corrected chi connectivity index (χ0v) is 13.7. The summed E-state index contributed by atoms with van der Waals surface area (Å²) in [5.74, 6) is 0.233. The second-order valence-electron chi connectivity index (χ2n) is 6.10. The Morgan fingerprint density at radius 2 is 1.83 bits per heavy atom. The van der Waals surface area contributed by atoms with Gasteiger partial charge in [0.2, 0.25) is 0 Å². The first-order valence-electron chi connectivity index (χ1n) is 7.98. The molecule has 2 aromatic heterocycles. The highest BCUT2D eigenvalue weighted by molar-refractivity contribution is 5.90. The molecule has 0 amide bonds. The molecule has 0 aliphatic heterocycles. The fraction of sp³-hybridized carbons (Fsp3) is 0.150. The van der Waals surface area contributed by atoms with E-state index in [4.69, 9.17) is 0 Å². The Bertz CT molecular complexity index is 989. The van der Waals surface area contributed by atoms with Crippen molar-refractivity contribution in [3.8, 4) is 11.1 Å². The lowest BCUT2D eigenvalue weighted by molar-refractivity contribution is 0.883. The van der Waals surface area contributed by atoms with Gasteiger partial charge in [0.15, 0.2) is 0 Å². The molecule has 0 aliphatic carbocycles. The Morgan fingerprint density at radius 3 is 2.58 bits per heavy atom. The normalized spacial score (nSPS) is 12.4. The lowest BCUT2D eigenvalue weighted by Crippen LogP contribution is -1.98. The maximum absolute atomic E-state index is 4.52. The molecule has 1 unspecified atom stereocenters. The number of imidazole rings is 1. The van der Waals surface area contributed by atoms with Gasteiger partial charge < -0.3 is 4.57 Å². The predicted molar refractivity (Wildman–Crippen MR) is 95.7 cm³/mol. The average molecular weight is 314 g/mol. The summed E-state index contributed by atoms with van der Waals surface area (Å²) >= 11 is 0. The van der Waals surface area contributed by atoms with E-state index in [2.05, 4.69) is 64.5 Å². The maximum Gasteiger partial charge on any atom is 0.115 e. The Hall–Kier alpha value is -3.01. The zero-order valence-electron chi connectivity index (χ0n) is 13.7. The molecule has 4 nitrogen and oxygen atoms in total. The number of benzene rings is 2. The van der Waals surface area contributed by atoms with E-state index in [1.807, 2.05) is 30.3 Å². The van der Waals surface area contributed by atoms with Crippen LogP contribution in [0.4, 0.5) is 0 Å². The van der Waals surface area contributed by atoms with Gasteiger partial charge in [0.05, 0.1) is 12.0 Å². The lowest BCUT2D eigenvalue weighted by atomic mass is 9.91. The van der Waals surface area contributed by atoms with E-state index >= 15 is 0 Å². The summed E-state index contributed by atoms with van der Waals surface area (Å²) in [6.45, 7) is 2.20. The molecular weight excluding hydrogens is 296 g/mol. The molecule has 0 fully saturated rings. The predicted octanol–water partition coefficient (Wildman–Crippen LogP) is 4.18. The molecule has 0 bridgehead atoms. The highest BCUT2D eigenvalue weighted by atomic mass is 15.0. The number of nitrogens with zero attached hydrogens (tertiary/aromatic N) is 4. The van der Waals surface area contributed by atoms with Crippen molar-refractivity contribution in [2.45, 2.75) is 12.8 Å². The molecule has 4 aromatic rings. The first-order valence-corrected chi connectivity index (χ1v) is 7.98. The van der Waals surface area contributed by atoms with Gasteiger partial charge in [0.1, 0.15) is 6.33 Å². The minimum atomic E-state index is 0.233. The number of aromatic nitrogens is 4. The third-order valence-corrected chi connectivity index (χ3v) is 4.44. The summed E-state index contributed by atoms with van der Waals surface area (Å²) < 4.78 is 1.99. The second-order valence-corrected chi connectivity index (χ2v) is 6.10. The van der Waals surface area contributed by atoms with E-state index in [0.29, 0.717) is 0 Å². The first kappa shape index (κ1) is 14.6. The molecule has 4 rings (SSSR count). The van der Waals surface area contributed by atoms with Crippen molar-refractivity contribution >= 4 is 10.8 Å². The maximum atomic E-state index is 4.52. The van der Waals surface area contributed by atoms with Crippen molar-refractivity contribution in [1.82, 2.24) is 19.5 Å². The first-order chi connectivity index (χ1) is 11.7. The van der Waals surface area contributed by atoms with E-state index in [9.17, 15) is 0 Å². The molecule has 4 heteroatoms. The van der Waals surface area contributed by atoms with E-state index in [0.717, 1.165) is 16.8 Å². The molecule has 118 valence electrons. The SMILES string of the molecule is CC(c1cn(C)cn1)c1cccc2ccc(-c3cncnc3)cc12. The van der Waals surface area contributed by atoms with E-state index in [-0.39, 0.29) is 5.92 Å². The standard InChI is InChI=1S/C20H18N4/c1-14(20-11-24(2)13-23-20)18-5-3-4-15-6-7-16(8-19(15)18)17-9-21-12-22-10-17/h3-14H,1-2H3. The fourth-order valence-corrected chi connectivity index (χ4v) is 3.12. The lowest BCUT2D eigenvalue weighted by Gasteiger charge is -2.14. The van der Waals surface area contributed by atoms with Gasteiger partial charge in [-0.25, -0.2) is 15.0 Å². The van der Waals surface area contributed by atoms with Gasteiger partial charge in [-0.3, -0.25) is 0 Å². The molecule has 1 atom stereocenters. The smallest absolute Gasteiger partial charge is 0.115 e. The number of hydrogen-bond acceptors (Lipinski definition) is 3. The summed E-state index contributed by atoms with van der Waals surface area (Å²) in [5.41, 5.74) is 4.52. The quantitative estimate of drug-likeness (QED) is 0.570. The summed E-state index contributed by atoms with van der Waals surface area (Å²) in [7, 11) is 2.00. The molecule has 0 aliphatic rings. The van der Waals surface area contributed by atoms with Gasteiger partial charge in [-0.1, -0.05) is 37.3 Å². The van der Waals surface area contributed by atoms with Crippen molar-refractivity contribution in [2.75, 3.05) is 0 Å². The largest absolute Gasteiger partial charge is 0.340 e. The van der Waals surface area contributed by atoms with E-state index in [1.54, 1.807) is 6.33 Å². The summed E-state index contributed by atoms with van der Waals surface area (Å²) in [5, 5.41) is 2.48. The topological polar surface area (TPSA) is 43.6 Å². The minimum absolute atomic E-state index is 0.233. The van der Waals surface area contributed by atoms with Crippen LogP contribution in [-0.2, 0) is 7.05 Å². The molecular formula is C20H18N4. The highest BCUT2D eigenvalue weighted by Crippen LogP contribution is 2.32. The second kappa shape index (κ2) is 5.89. The monoisotopic (exact) mass is 314 g/mol. The van der Waals surface area contributed by atoms with Crippen LogP contribution in [0.15, 0.2) is 67.6 Å². The molecule has 0 radical (unpaired) electrons. The summed E-state index contributed by atoms with van der Waals surface area (Å²) in [4.78, 5) is 12.8. The molecule has 2 aromatic carbocycles. The molecule has 2 heterocycles. The van der Waals surface area contributed by atoms with Crippen LogP contribution in [0.5, 0.6) is 0 Å². The van der Waals surface area contributed by atoms with Gasteiger partial charge >= 0.3 is 0 Å². The van der Waals surface area contributed by atoms with Crippen LogP contribution in [0.3, 0.4) is 0 Å². The zero-order chi connectivity index (χ0) is 16.5. The van der Waals surface area contributed by atoms with Crippen LogP contribution < -0.4 is 0 Å². The van der Waals surface area contributed by atoms with Crippen LogP contribution in [0, 0.1) is 0 Å². The molecule has 0 saturated heterocycles. The van der Waals surface area contributed by atoms with Crippen molar-refractivity contribution in [2.24, 2.45) is 7.05 Å². The number of rotatable bonds is 3. The van der Waals surface area contributed by atoms with Gasteiger partial charge in [-0.15, -0.1) is 0 Å². The van der Waals surface area contributed by atoms with Crippen LogP contribution >= 0.6 is 0 Å². The van der Waals surface area contributed by atoms with Crippen LogP contribution in [0.2, 0.25) is 0 Å². The van der Waals surface area contributed by atoms with Gasteiger partial charge in [-0.2, -0.15) is 0 Å². The Balaban J connectivity index is 1.86. The van der Waals surface area contributed by atoms with Crippen LogP contribution in [-0.4, -0.2) is 19.5 Å². The van der Waals surface area contributed by atoms with Gasteiger partial charge in [-0.05, 0) is 28.0 Å². The van der Waals surface area contributed by atoms with Crippen molar-refractivity contribution < 1.29 is 0 Å². The number of hydrogen-bond donors (Lipinski definition) is 0. The fourth-order valence-electron chi connectivity index (χ4n) is 3.12. The molecule has 0 saturated carbocycles. The van der Waals surface area contributed by atoms with Crippen molar-refractivity contribution in [3.05, 3.63) is 78.9 Å². The Labute approximate surface area is 140 Å². The van der Waals surface area contributed by atoms with Gasteiger partial charge in [0, 0.05) is 37.1 Å². The summed E-state index contributed by atoms with van der Waals surface area (Å²) in [6.07, 6.45) is 9.18. The van der Waals surface area contributed by atoms with E-state index in [1.165, 1.54) is 16.3 Å². The average Bonchev–Trinajstić information content (AvgIpc) is 3.07. The molecule has 24 heavy (non-hydrogen) atoms. The highest BCUT2D eigenvalue weighted by Gasteiger charge is 2.14. The van der Waals surface area contributed by atoms with Crippen molar-refractivity contribution in [1.29, 1.82) is 0 Å². The number of aryl methyl sites for hydroxylation is 1. The molecule has 0 spiro atoms. The minimum Gasteiger partial charge on any atom is -0.340 e. The number of fused-ring (bicyclic) bond motifs is 1. The third-order valence-electron chi connectivity index (χ3n) is 4.44. The van der Waals surface area contributed by atoms with E-state index < -0.39 is 0 Å². The molecule has 0 N–H and O–H groups in total. The Morgan fingerprint density at radius 1 is 1.00 bits per heavy atom. The Kier molecular flexibility index (Phi) is 3.58. The van der Waals surface area contributed by atoms with Gasteiger partial charge in [0.25, 0.3) is 0 Å². The van der Waals surface area contributed by atoms with Crippen molar-refractivity contribution in [3.63, 3.8) is 0 Å². The van der Waals surface area contributed by atoms with Crippen LogP contribution in [0.1, 0.15) is 24.1 Å². The summed E-state index contributed by atoms with van der Waals surface area (Å²) in [6, 6.07) is 13.0. The van der Waals surface area contributed by atoms with Crippen LogP contribution in [0.25, 0.3) is 21.9 Å². The third kappa shape index (κ3) is 2.56.